The van der Waals surface area contributed by atoms with Crippen LogP contribution < -0.4 is 16.8 Å². The van der Waals surface area contributed by atoms with Gasteiger partial charge in [-0.2, -0.15) is 0 Å². The van der Waals surface area contributed by atoms with Crippen LogP contribution in [0.2, 0.25) is 5.02 Å². The minimum Gasteiger partial charge on any atom is -0.397 e. The summed E-state index contributed by atoms with van der Waals surface area (Å²) in [7, 11) is 1.66. The number of rotatable bonds is 4. The number of anilines is 3. The minimum atomic E-state index is -0.752. The van der Waals surface area contributed by atoms with Gasteiger partial charge in [0.1, 0.15) is 11.1 Å². The predicted molar refractivity (Wildman–Crippen MR) is 76.6 cm³/mol. The smallest absolute Gasteiger partial charge is 0.244 e. The average molecular weight is 289 g/mol. The number of likely N-dealkylation sites (N-methyl/N-ethyl adjacent to an activating group) is 1. The molecule has 0 spiro atoms. The molecule has 0 aliphatic carbocycles. The van der Waals surface area contributed by atoms with Gasteiger partial charge < -0.3 is 21.7 Å². The van der Waals surface area contributed by atoms with E-state index in [0.717, 1.165) is 0 Å². The Morgan fingerprint density at radius 3 is 2.63 bits per heavy atom. The first-order chi connectivity index (χ1) is 8.79. The van der Waals surface area contributed by atoms with E-state index in [-0.39, 0.29) is 28.0 Å². The molecule has 1 atom stereocenters. The second kappa shape index (κ2) is 5.97. The molecular weight excluding hydrogens is 271 g/mol. The SMILES string of the molecule is CCN(C)C(=O)C(C)Nc1c(N)cc(N)c(Cl)c1F. The minimum absolute atomic E-state index is 0.00967. The van der Waals surface area contributed by atoms with E-state index in [1.54, 1.807) is 14.0 Å². The molecule has 19 heavy (non-hydrogen) atoms. The standard InChI is InChI=1S/C12H18ClFN4O/c1-4-18(3)12(19)6(2)17-11-8(16)5-7(15)9(13)10(11)14/h5-6,17H,4,15-16H2,1-3H3. The van der Waals surface area contributed by atoms with Gasteiger partial charge in [0, 0.05) is 13.6 Å². The lowest BCUT2D eigenvalue weighted by atomic mass is 10.2. The van der Waals surface area contributed by atoms with Crippen LogP contribution in [0, 0.1) is 5.82 Å². The van der Waals surface area contributed by atoms with Crippen molar-refractivity contribution in [2.75, 3.05) is 30.4 Å². The van der Waals surface area contributed by atoms with Gasteiger partial charge in [0.25, 0.3) is 0 Å². The molecule has 1 amide bonds. The van der Waals surface area contributed by atoms with Crippen LogP contribution in [-0.4, -0.2) is 30.4 Å². The van der Waals surface area contributed by atoms with Gasteiger partial charge >= 0.3 is 0 Å². The molecule has 5 N–H and O–H groups in total. The topological polar surface area (TPSA) is 84.4 Å². The molecule has 1 aromatic carbocycles. The number of carbonyl (C=O) groups excluding carboxylic acids is 1. The van der Waals surface area contributed by atoms with Crippen LogP contribution >= 0.6 is 11.6 Å². The molecule has 0 fully saturated rings. The Hall–Kier alpha value is -1.69. The Morgan fingerprint density at radius 2 is 2.11 bits per heavy atom. The molecule has 0 aliphatic heterocycles. The van der Waals surface area contributed by atoms with Crippen LogP contribution in [0.25, 0.3) is 0 Å². The maximum Gasteiger partial charge on any atom is 0.244 e. The largest absolute Gasteiger partial charge is 0.397 e. The number of hydrogen-bond acceptors (Lipinski definition) is 4. The van der Waals surface area contributed by atoms with Gasteiger partial charge in [-0.15, -0.1) is 0 Å². The van der Waals surface area contributed by atoms with Crippen LogP contribution in [0.15, 0.2) is 6.07 Å². The molecule has 0 radical (unpaired) electrons. The number of benzene rings is 1. The number of nitrogens with zero attached hydrogens (tertiary/aromatic N) is 1. The van der Waals surface area contributed by atoms with Gasteiger partial charge in [0.05, 0.1) is 17.1 Å². The summed E-state index contributed by atoms with van der Waals surface area (Å²) in [6.45, 7) is 4.03. The lowest BCUT2D eigenvalue weighted by molar-refractivity contribution is -0.130. The molecule has 0 bridgehead atoms. The number of nitrogen functional groups attached to an aromatic ring is 2. The normalized spacial score (nSPS) is 12.1. The zero-order valence-electron chi connectivity index (χ0n) is 11.1. The Bertz CT molecular complexity index is 495. The quantitative estimate of drug-likeness (QED) is 0.739. The predicted octanol–water partition coefficient (Wildman–Crippen LogP) is 1.92. The summed E-state index contributed by atoms with van der Waals surface area (Å²) in [5.41, 5.74) is 11.3. The number of hydrogen-bond donors (Lipinski definition) is 3. The number of carbonyl (C=O) groups is 1. The van der Waals surface area contributed by atoms with Crippen molar-refractivity contribution in [1.82, 2.24) is 4.90 Å². The molecular formula is C12H18ClFN4O. The second-order valence-corrected chi connectivity index (χ2v) is 4.65. The highest BCUT2D eigenvalue weighted by atomic mass is 35.5. The van der Waals surface area contributed by atoms with Crippen LogP contribution in [0.5, 0.6) is 0 Å². The van der Waals surface area contributed by atoms with E-state index < -0.39 is 11.9 Å². The highest BCUT2D eigenvalue weighted by molar-refractivity contribution is 6.33. The van der Waals surface area contributed by atoms with Crippen molar-refractivity contribution in [2.45, 2.75) is 19.9 Å². The summed E-state index contributed by atoms with van der Waals surface area (Å²) in [6.07, 6.45) is 0. The Labute approximate surface area is 116 Å². The summed E-state index contributed by atoms with van der Waals surface area (Å²) in [6, 6.07) is 0.732. The van der Waals surface area contributed by atoms with Crippen LogP contribution in [-0.2, 0) is 4.79 Å². The average Bonchev–Trinajstić information content (AvgIpc) is 2.39. The van der Waals surface area contributed by atoms with Gasteiger partial charge in [0.15, 0.2) is 5.82 Å². The highest BCUT2D eigenvalue weighted by Crippen LogP contribution is 2.34. The molecule has 0 saturated carbocycles. The van der Waals surface area contributed by atoms with Crippen LogP contribution in [0.1, 0.15) is 13.8 Å². The first-order valence-electron chi connectivity index (χ1n) is 5.84. The van der Waals surface area contributed by atoms with Crippen molar-refractivity contribution in [3.63, 3.8) is 0 Å². The third kappa shape index (κ3) is 3.20. The Balaban J connectivity index is 3.01. The van der Waals surface area contributed by atoms with Gasteiger partial charge in [-0.05, 0) is 19.9 Å². The first-order valence-corrected chi connectivity index (χ1v) is 6.21. The highest BCUT2D eigenvalue weighted by Gasteiger charge is 2.21. The Morgan fingerprint density at radius 1 is 1.53 bits per heavy atom. The number of nitrogens with one attached hydrogen (secondary N) is 1. The molecule has 7 heteroatoms. The second-order valence-electron chi connectivity index (χ2n) is 4.28. The summed E-state index contributed by atoms with van der Waals surface area (Å²) >= 11 is 5.72. The molecule has 1 unspecified atom stereocenters. The van der Waals surface area contributed by atoms with Gasteiger partial charge in [-0.25, -0.2) is 4.39 Å². The van der Waals surface area contributed by atoms with E-state index in [9.17, 15) is 9.18 Å². The lowest BCUT2D eigenvalue weighted by Gasteiger charge is -2.22. The summed E-state index contributed by atoms with van der Waals surface area (Å²) in [4.78, 5) is 13.4. The number of amides is 1. The molecule has 1 rings (SSSR count). The molecule has 106 valence electrons. The van der Waals surface area contributed by atoms with E-state index in [1.165, 1.54) is 11.0 Å². The fourth-order valence-corrected chi connectivity index (χ4v) is 1.73. The molecule has 1 aromatic rings. The fraction of sp³-hybridized carbons (Fsp3) is 0.417. The lowest BCUT2D eigenvalue weighted by Crippen LogP contribution is -2.39. The number of nitrogens with two attached hydrogens (primary N) is 2. The molecule has 0 aromatic heterocycles. The number of halogens is 2. The van der Waals surface area contributed by atoms with Crippen LogP contribution in [0.4, 0.5) is 21.5 Å². The fourth-order valence-electron chi connectivity index (χ4n) is 1.58. The third-order valence-corrected chi connectivity index (χ3v) is 3.23. The van der Waals surface area contributed by atoms with Crippen molar-refractivity contribution in [3.05, 3.63) is 16.9 Å². The van der Waals surface area contributed by atoms with Crippen molar-refractivity contribution in [3.8, 4) is 0 Å². The molecule has 5 nitrogen and oxygen atoms in total. The maximum absolute atomic E-state index is 14.0. The summed E-state index contributed by atoms with van der Waals surface area (Å²) in [5, 5.41) is 2.52. The Kier molecular flexibility index (Phi) is 4.83. The summed E-state index contributed by atoms with van der Waals surface area (Å²) in [5.74, 6) is -0.924. The van der Waals surface area contributed by atoms with Crippen molar-refractivity contribution < 1.29 is 9.18 Å². The van der Waals surface area contributed by atoms with Gasteiger partial charge in [-0.1, -0.05) is 11.6 Å². The molecule has 0 saturated heterocycles. The summed E-state index contributed by atoms with van der Waals surface area (Å²) < 4.78 is 14.0. The van der Waals surface area contributed by atoms with Crippen molar-refractivity contribution in [1.29, 1.82) is 0 Å². The van der Waals surface area contributed by atoms with Gasteiger partial charge in [-0.3, -0.25) is 4.79 Å². The monoisotopic (exact) mass is 288 g/mol. The van der Waals surface area contributed by atoms with Crippen molar-refractivity contribution in [2.24, 2.45) is 0 Å². The third-order valence-electron chi connectivity index (χ3n) is 2.85. The maximum atomic E-state index is 14.0. The van der Waals surface area contributed by atoms with Crippen molar-refractivity contribution >= 4 is 34.6 Å². The van der Waals surface area contributed by atoms with Gasteiger partial charge in [0.2, 0.25) is 5.91 Å². The zero-order chi connectivity index (χ0) is 14.7. The van der Waals surface area contributed by atoms with E-state index in [0.29, 0.717) is 6.54 Å². The zero-order valence-corrected chi connectivity index (χ0v) is 11.9. The first kappa shape index (κ1) is 15.4. The van der Waals surface area contributed by atoms with E-state index in [4.69, 9.17) is 23.1 Å². The van der Waals surface area contributed by atoms with E-state index in [1.807, 2.05) is 6.92 Å². The molecule has 0 heterocycles. The van der Waals surface area contributed by atoms with E-state index >= 15 is 0 Å². The van der Waals surface area contributed by atoms with E-state index in [2.05, 4.69) is 5.32 Å². The molecule has 0 aliphatic rings. The van der Waals surface area contributed by atoms with Crippen LogP contribution in [0.3, 0.4) is 0 Å².